The maximum atomic E-state index is 10.9. The summed E-state index contributed by atoms with van der Waals surface area (Å²) in [5, 5.41) is 0. The Labute approximate surface area is 74.9 Å². The van der Waals surface area contributed by atoms with E-state index < -0.39 is 0 Å². The third kappa shape index (κ3) is 1.33. The highest BCUT2D eigenvalue weighted by atomic mass is 16.1. The van der Waals surface area contributed by atoms with E-state index in [2.05, 4.69) is 27.4 Å². The van der Waals surface area contributed by atoms with Crippen LogP contribution in [0, 0.1) is 17.3 Å². The number of hydrogen-bond donors (Lipinski definition) is 0. The van der Waals surface area contributed by atoms with Crippen LogP contribution in [0.2, 0.25) is 0 Å². The Kier molecular flexibility index (Phi) is 2.41. The van der Waals surface area contributed by atoms with E-state index >= 15 is 0 Å². The van der Waals surface area contributed by atoms with Gasteiger partial charge in [0.1, 0.15) is 6.29 Å². The lowest BCUT2D eigenvalue weighted by Crippen LogP contribution is -2.36. The van der Waals surface area contributed by atoms with Gasteiger partial charge in [-0.25, -0.2) is 0 Å². The van der Waals surface area contributed by atoms with Gasteiger partial charge in [0.15, 0.2) is 0 Å². The highest BCUT2D eigenvalue weighted by Crippen LogP contribution is 2.45. The molecule has 68 valence electrons. The van der Waals surface area contributed by atoms with Crippen molar-refractivity contribution in [3.05, 3.63) is 12.2 Å². The van der Waals surface area contributed by atoms with Crippen LogP contribution in [0.4, 0.5) is 0 Å². The van der Waals surface area contributed by atoms with Gasteiger partial charge in [-0.1, -0.05) is 32.9 Å². The highest BCUT2D eigenvalue weighted by molar-refractivity contribution is 5.57. The molecule has 0 bridgehead atoms. The number of aldehydes is 1. The molecule has 0 spiro atoms. The van der Waals surface area contributed by atoms with Crippen LogP contribution >= 0.6 is 0 Å². The van der Waals surface area contributed by atoms with E-state index in [1.807, 2.05) is 0 Å². The molecule has 1 saturated carbocycles. The maximum absolute atomic E-state index is 10.9. The molecule has 12 heavy (non-hydrogen) atoms. The third-order valence-electron chi connectivity index (χ3n) is 3.41. The SMILES string of the molecule is C=C1CCC(C)C(C=O)C1(C)C. The summed E-state index contributed by atoms with van der Waals surface area (Å²) in [7, 11) is 0. The van der Waals surface area contributed by atoms with Crippen molar-refractivity contribution < 1.29 is 4.79 Å². The minimum atomic E-state index is 0.0133. The van der Waals surface area contributed by atoms with Crippen LogP contribution in [0.5, 0.6) is 0 Å². The zero-order valence-corrected chi connectivity index (χ0v) is 8.26. The van der Waals surface area contributed by atoms with E-state index in [1.54, 1.807) is 0 Å². The van der Waals surface area contributed by atoms with Crippen molar-refractivity contribution in [1.29, 1.82) is 0 Å². The Morgan fingerprint density at radius 2 is 2.17 bits per heavy atom. The third-order valence-corrected chi connectivity index (χ3v) is 3.41. The number of carbonyl (C=O) groups is 1. The van der Waals surface area contributed by atoms with Crippen LogP contribution < -0.4 is 0 Å². The molecule has 2 unspecified atom stereocenters. The summed E-state index contributed by atoms with van der Waals surface area (Å²) in [5.41, 5.74) is 1.25. The van der Waals surface area contributed by atoms with Crippen LogP contribution in [0.3, 0.4) is 0 Å². The molecule has 0 aromatic carbocycles. The van der Waals surface area contributed by atoms with Crippen molar-refractivity contribution in [2.24, 2.45) is 17.3 Å². The topological polar surface area (TPSA) is 17.1 Å². The molecule has 1 aliphatic carbocycles. The molecule has 1 nitrogen and oxygen atoms in total. The first-order valence-electron chi connectivity index (χ1n) is 4.63. The molecule has 1 heteroatoms. The summed E-state index contributed by atoms with van der Waals surface area (Å²) in [4.78, 5) is 10.9. The normalized spacial score (nSPS) is 34.8. The molecule has 2 atom stereocenters. The van der Waals surface area contributed by atoms with Gasteiger partial charge in [-0.15, -0.1) is 0 Å². The van der Waals surface area contributed by atoms with Crippen molar-refractivity contribution in [2.45, 2.75) is 33.6 Å². The minimum absolute atomic E-state index is 0.0133. The van der Waals surface area contributed by atoms with Crippen LogP contribution in [0.25, 0.3) is 0 Å². The Bertz CT molecular complexity index is 203. The Hall–Kier alpha value is -0.590. The second-order valence-corrected chi connectivity index (χ2v) is 4.50. The van der Waals surface area contributed by atoms with Gasteiger partial charge < -0.3 is 4.79 Å². The van der Waals surface area contributed by atoms with Gasteiger partial charge in [-0.05, 0) is 24.2 Å². The Balaban J connectivity index is 2.90. The fraction of sp³-hybridized carbons (Fsp3) is 0.727. The molecule has 1 fully saturated rings. The molecule has 0 N–H and O–H groups in total. The first-order chi connectivity index (χ1) is 5.50. The molecule has 1 aliphatic rings. The van der Waals surface area contributed by atoms with Gasteiger partial charge in [0.05, 0.1) is 0 Å². The Morgan fingerprint density at radius 1 is 1.58 bits per heavy atom. The molecule has 0 radical (unpaired) electrons. The summed E-state index contributed by atoms with van der Waals surface area (Å²) < 4.78 is 0. The first-order valence-corrected chi connectivity index (χ1v) is 4.63. The van der Waals surface area contributed by atoms with Crippen molar-refractivity contribution in [1.82, 2.24) is 0 Å². The van der Waals surface area contributed by atoms with Crippen LogP contribution in [-0.2, 0) is 4.79 Å². The predicted octanol–water partition coefficient (Wildman–Crippen LogP) is 2.81. The van der Waals surface area contributed by atoms with Crippen molar-refractivity contribution in [3.63, 3.8) is 0 Å². The van der Waals surface area contributed by atoms with E-state index in [0.717, 1.165) is 19.1 Å². The molecular weight excluding hydrogens is 148 g/mol. The smallest absolute Gasteiger partial charge is 0.124 e. The van der Waals surface area contributed by atoms with Crippen LogP contribution in [-0.4, -0.2) is 6.29 Å². The lowest BCUT2D eigenvalue weighted by Gasteiger charge is -2.41. The number of hydrogen-bond acceptors (Lipinski definition) is 1. The molecule has 0 amide bonds. The molecule has 0 saturated heterocycles. The number of rotatable bonds is 1. The van der Waals surface area contributed by atoms with Gasteiger partial charge in [-0.2, -0.15) is 0 Å². The molecule has 0 aromatic heterocycles. The fourth-order valence-electron chi connectivity index (χ4n) is 2.15. The lowest BCUT2D eigenvalue weighted by atomic mass is 9.62. The average molecular weight is 166 g/mol. The summed E-state index contributed by atoms with van der Waals surface area (Å²) in [6.45, 7) is 10.5. The molecule has 1 rings (SSSR count). The van der Waals surface area contributed by atoms with Gasteiger partial charge in [-0.3, -0.25) is 0 Å². The molecule has 0 aromatic rings. The fourth-order valence-corrected chi connectivity index (χ4v) is 2.15. The monoisotopic (exact) mass is 166 g/mol. The van der Waals surface area contributed by atoms with E-state index in [0.29, 0.717) is 5.92 Å². The largest absolute Gasteiger partial charge is 0.303 e. The van der Waals surface area contributed by atoms with Crippen LogP contribution in [0.15, 0.2) is 12.2 Å². The molecule has 0 heterocycles. The van der Waals surface area contributed by atoms with Crippen molar-refractivity contribution in [2.75, 3.05) is 0 Å². The zero-order chi connectivity index (χ0) is 9.35. The maximum Gasteiger partial charge on any atom is 0.124 e. The van der Waals surface area contributed by atoms with Gasteiger partial charge in [0, 0.05) is 5.92 Å². The minimum Gasteiger partial charge on any atom is -0.303 e. The second-order valence-electron chi connectivity index (χ2n) is 4.50. The molecular formula is C11H18O. The lowest BCUT2D eigenvalue weighted by molar-refractivity contribution is -0.116. The quantitative estimate of drug-likeness (QED) is 0.432. The Morgan fingerprint density at radius 3 is 2.58 bits per heavy atom. The van der Waals surface area contributed by atoms with E-state index in [4.69, 9.17) is 0 Å². The van der Waals surface area contributed by atoms with Gasteiger partial charge >= 0.3 is 0 Å². The summed E-state index contributed by atoms with van der Waals surface area (Å²) in [5.74, 6) is 0.682. The average Bonchev–Trinajstić information content (AvgIpc) is 1.98. The first kappa shape index (κ1) is 9.50. The van der Waals surface area contributed by atoms with Crippen molar-refractivity contribution >= 4 is 6.29 Å². The summed E-state index contributed by atoms with van der Waals surface area (Å²) >= 11 is 0. The van der Waals surface area contributed by atoms with Crippen molar-refractivity contribution in [3.8, 4) is 0 Å². The molecule has 0 aliphatic heterocycles. The predicted molar refractivity (Wildman–Crippen MR) is 50.9 cm³/mol. The van der Waals surface area contributed by atoms with E-state index in [9.17, 15) is 4.79 Å². The summed E-state index contributed by atoms with van der Waals surface area (Å²) in [6, 6.07) is 0. The summed E-state index contributed by atoms with van der Waals surface area (Å²) in [6.07, 6.45) is 3.30. The number of allylic oxidation sites excluding steroid dienone is 1. The highest BCUT2D eigenvalue weighted by Gasteiger charge is 2.38. The van der Waals surface area contributed by atoms with Crippen LogP contribution in [0.1, 0.15) is 33.6 Å². The second kappa shape index (κ2) is 3.04. The number of carbonyl (C=O) groups excluding carboxylic acids is 1. The van der Waals surface area contributed by atoms with E-state index in [-0.39, 0.29) is 11.3 Å². The van der Waals surface area contributed by atoms with Gasteiger partial charge in [0.25, 0.3) is 0 Å². The standard InChI is InChI=1S/C11H18O/c1-8-5-6-9(2)11(3,4)10(8)7-12/h7-8,10H,2,5-6H2,1,3-4H3. The zero-order valence-electron chi connectivity index (χ0n) is 8.26. The van der Waals surface area contributed by atoms with Gasteiger partial charge in [0.2, 0.25) is 0 Å². The van der Waals surface area contributed by atoms with E-state index in [1.165, 1.54) is 5.57 Å².